The summed E-state index contributed by atoms with van der Waals surface area (Å²) in [5, 5.41) is 0. The van der Waals surface area contributed by atoms with E-state index in [4.69, 9.17) is 5.73 Å². The summed E-state index contributed by atoms with van der Waals surface area (Å²) in [6.07, 6.45) is 0. The van der Waals surface area contributed by atoms with Crippen LogP contribution in [0.15, 0.2) is 24.3 Å². The first-order valence-electron chi connectivity index (χ1n) is 6.81. The Morgan fingerprint density at radius 1 is 1.32 bits per heavy atom. The lowest BCUT2D eigenvalue weighted by molar-refractivity contribution is 0.101. The van der Waals surface area contributed by atoms with Gasteiger partial charge >= 0.3 is 0 Å². The Balaban J connectivity index is 2.15. The van der Waals surface area contributed by atoms with Gasteiger partial charge in [0.25, 0.3) is 0 Å². The number of nitrogens with zero attached hydrogens (tertiary/aromatic N) is 2. The molecule has 0 amide bonds. The number of nitrogens with two attached hydrogens (primary N) is 1. The number of benzene rings is 1. The van der Waals surface area contributed by atoms with Crippen molar-refractivity contribution >= 4 is 11.5 Å². The minimum atomic E-state index is 0.109. The molecular weight excluding hydrogens is 238 g/mol. The van der Waals surface area contributed by atoms with Gasteiger partial charge in [-0.15, -0.1) is 0 Å². The van der Waals surface area contributed by atoms with Crippen molar-refractivity contribution in [2.45, 2.75) is 25.9 Å². The molecule has 0 aromatic heterocycles. The molecule has 0 bridgehead atoms. The molecule has 1 aliphatic heterocycles. The number of Topliss-reactive ketones (excluding diaryl/α,β-unsaturated/α-hetero) is 1. The molecule has 0 radical (unpaired) electrons. The van der Waals surface area contributed by atoms with Gasteiger partial charge in [-0.3, -0.25) is 9.69 Å². The average Bonchev–Trinajstić information content (AvgIpc) is 2.41. The zero-order valence-corrected chi connectivity index (χ0v) is 12.0. The van der Waals surface area contributed by atoms with Gasteiger partial charge in [0.1, 0.15) is 0 Å². The second-order valence-electron chi connectivity index (χ2n) is 5.41. The van der Waals surface area contributed by atoms with Crippen LogP contribution in [0.5, 0.6) is 0 Å². The van der Waals surface area contributed by atoms with Gasteiger partial charge in [-0.2, -0.15) is 0 Å². The lowest BCUT2D eigenvalue weighted by Gasteiger charge is -2.44. The third kappa shape index (κ3) is 2.96. The average molecular weight is 261 g/mol. The first-order valence-corrected chi connectivity index (χ1v) is 6.81. The zero-order chi connectivity index (χ0) is 14.0. The Kier molecular flexibility index (Phi) is 4.22. The standard InChI is InChI=1S/C15H23N3O/c1-11-9-18(10-15(8-16)17(11)3)14-6-4-13(5-7-14)12(2)19/h4-7,11,15H,8-10,16H2,1-3H3. The monoisotopic (exact) mass is 261 g/mol. The molecule has 1 saturated heterocycles. The highest BCUT2D eigenvalue weighted by Crippen LogP contribution is 2.21. The molecule has 0 spiro atoms. The molecule has 2 atom stereocenters. The molecule has 2 N–H and O–H groups in total. The third-order valence-corrected chi connectivity index (χ3v) is 4.10. The van der Waals surface area contributed by atoms with E-state index >= 15 is 0 Å². The normalized spacial score (nSPS) is 24.5. The molecule has 1 heterocycles. The highest BCUT2D eigenvalue weighted by molar-refractivity contribution is 5.94. The van der Waals surface area contributed by atoms with Crippen molar-refractivity contribution in [2.24, 2.45) is 5.73 Å². The molecule has 19 heavy (non-hydrogen) atoms. The van der Waals surface area contributed by atoms with E-state index in [1.54, 1.807) is 6.92 Å². The van der Waals surface area contributed by atoms with Crippen LogP contribution in [-0.4, -0.2) is 49.4 Å². The first-order chi connectivity index (χ1) is 9.02. The Morgan fingerprint density at radius 3 is 2.47 bits per heavy atom. The molecule has 1 aromatic rings. The van der Waals surface area contributed by atoms with E-state index in [9.17, 15) is 4.79 Å². The van der Waals surface area contributed by atoms with Crippen LogP contribution < -0.4 is 10.6 Å². The number of anilines is 1. The van der Waals surface area contributed by atoms with Crippen LogP contribution in [0, 0.1) is 0 Å². The van der Waals surface area contributed by atoms with Gasteiger partial charge in [-0.25, -0.2) is 0 Å². The van der Waals surface area contributed by atoms with Crippen molar-refractivity contribution < 1.29 is 4.79 Å². The number of hydrogen-bond acceptors (Lipinski definition) is 4. The fourth-order valence-electron chi connectivity index (χ4n) is 2.62. The molecule has 1 aromatic carbocycles. The lowest BCUT2D eigenvalue weighted by Crippen LogP contribution is -2.58. The highest BCUT2D eigenvalue weighted by Gasteiger charge is 2.28. The maximum absolute atomic E-state index is 11.3. The molecule has 1 aliphatic rings. The number of rotatable bonds is 3. The Bertz CT molecular complexity index is 443. The Hall–Kier alpha value is -1.39. The molecule has 4 nitrogen and oxygen atoms in total. The molecule has 0 saturated carbocycles. The summed E-state index contributed by atoms with van der Waals surface area (Å²) < 4.78 is 0. The highest BCUT2D eigenvalue weighted by atomic mass is 16.1. The molecule has 2 rings (SSSR count). The summed E-state index contributed by atoms with van der Waals surface area (Å²) >= 11 is 0. The fourth-order valence-corrected chi connectivity index (χ4v) is 2.62. The summed E-state index contributed by atoms with van der Waals surface area (Å²) in [6, 6.07) is 8.73. The molecule has 1 fully saturated rings. The minimum absolute atomic E-state index is 0.109. The third-order valence-electron chi connectivity index (χ3n) is 4.10. The quantitative estimate of drug-likeness (QED) is 0.835. The summed E-state index contributed by atoms with van der Waals surface area (Å²) in [7, 11) is 2.14. The van der Waals surface area contributed by atoms with Crippen LogP contribution in [0.1, 0.15) is 24.2 Å². The van der Waals surface area contributed by atoms with Gasteiger partial charge in [0, 0.05) is 43.0 Å². The number of carbonyl (C=O) groups is 1. The van der Waals surface area contributed by atoms with Gasteiger partial charge < -0.3 is 10.6 Å². The smallest absolute Gasteiger partial charge is 0.159 e. The maximum Gasteiger partial charge on any atom is 0.159 e. The van der Waals surface area contributed by atoms with Crippen molar-refractivity contribution in [3.63, 3.8) is 0 Å². The van der Waals surface area contributed by atoms with E-state index in [1.165, 1.54) is 5.69 Å². The summed E-state index contributed by atoms with van der Waals surface area (Å²) in [5.41, 5.74) is 7.78. The summed E-state index contributed by atoms with van der Waals surface area (Å²) in [5.74, 6) is 0.109. The van der Waals surface area contributed by atoms with Crippen LogP contribution in [-0.2, 0) is 0 Å². The second kappa shape index (κ2) is 5.72. The second-order valence-corrected chi connectivity index (χ2v) is 5.41. The van der Waals surface area contributed by atoms with Crippen molar-refractivity contribution in [1.82, 2.24) is 4.90 Å². The van der Waals surface area contributed by atoms with Crippen LogP contribution in [0.3, 0.4) is 0 Å². The molecule has 4 heteroatoms. The number of ketones is 1. The van der Waals surface area contributed by atoms with Crippen molar-refractivity contribution in [2.75, 3.05) is 31.6 Å². The van der Waals surface area contributed by atoms with Gasteiger partial charge in [-0.1, -0.05) is 0 Å². The number of carbonyl (C=O) groups excluding carboxylic acids is 1. The number of piperazine rings is 1. The van der Waals surface area contributed by atoms with Gasteiger partial charge in [0.05, 0.1) is 0 Å². The van der Waals surface area contributed by atoms with E-state index < -0.39 is 0 Å². The summed E-state index contributed by atoms with van der Waals surface area (Å²) in [6.45, 7) is 6.42. The first kappa shape index (κ1) is 14.0. The maximum atomic E-state index is 11.3. The van der Waals surface area contributed by atoms with Crippen molar-refractivity contribution in [1.29, 1.82) is 0 Å². The Labute approximate surface area is 115 Å². The Morgan fingerprint density at radius 2 is 1.95 bits per heavy atom. The van der Waals surface area contributed by atoms with Crippen LogP contribution in [0.25, 0.3) is 0 Å². The molecular formula is C15H23N3O. The number of hydrogen-bond donors (Lipinski definition) is 1. The SMILES string of the molecule is CC(=O)c1ccc(N2CC(C)N(C)C(CN)C2)cc1. The predicted octanol–water partition coefficient (Wildman–Crippen LogP) is 1.36. The molecule has 2 unspecified atom stereocenters. The summed E-state index contributed by atoms with van der Waals surface area (Å²) in [4.78, 5) is 16.0. The van der Waals surface area contributed by atoms with Crippen LogP contribution in [0.2, 0.25) is 0 Å². The van der Waals surface area contributed by atoms with Crippen molar-refractivity contribution in [3.8, 4) is 0 Å². The van der Waals surface area contributed by atoms with E-state index in [0.717, 1.165) is 18.7 Å². The zero-order valence-electron chi connectivity index (χ0n) is 12.0. The van der Waals surface area contributed by atoms with E-state index in [1.807, 2.05) is 24.3 Å². The van der Waals surface area contributed by atoms with E-state index in [0.29, 0.717) is 18.6 Å². The van der Waals surface area contributed by atoms with Crippen LogP contribution in [0.4, 0.5) is 5.69 Å². The largest absolute Gasteiger partial charge is 0.368 e. The van der Waals surface area contributed by atoms with Crippen molar-refractivity contribution in [3.05, 3.63) is 29.8 Å². The van der Waals surface area contributed by atoms with E-state index in [-0.39, 0.29) is 5.78 Å². The van der Waals surface area contributed by atoms with Gasteiger partial charge in [0.15, 0.2) is 5.78 Å². The molecule has 0 aliphatic carbocycles. The van der Waals surface area contributed by atoms with Crippen LogP contribution >= 0.6 is 0 Å². The minimum Gasteiger partial charge on any atom is -0.368 e. The topological polar surface area (TPSA) is 49.6 Å². The fraction of sp³-hybridized carbons (Fsp3) is 0.533. The lowest BCUT2D eigenvalue weighted by atomic mass is 10.1. The van der Waals surface area contributed by atoms with Gasteiger partial charge in [0.2, 0.25) is 0 Å². The predicted molar refractivity (Wildman–Crippen MR) is 78.7 cm³/mol. The van der Waals surface area contributed by atoms with Gasteiger partial charge in [-0.05, 0) is 45.2 Å². The number of likely N-dealkylation sites (N-methyl/N-ethyl adjacent to an activating group) is 1. The molecule has 104 valence electrons. The van der Waals surface area contributed by atoms with E-state index in [2.05, 4.69) is 23.8 Å².